The molecule has 2 atom stereocenters. The number of nitrogens with zero attached hydrogens (tertiary/aromatic N) is 4. The van der Waals surface area contributed by atoms with Crippen molar-refractivity contribution < 1.29 is 9.59 Å². The number of hydrogen-bond acceptors (Lipinski definition) is 4. The van der Waals surface area contributed by atoms with Gasteiger partial charge in [-0.2, -0.15) is 20.2 Å². The molecule has 0 bridgehead atoms. The Bertz CT molecular complexity index is 1320. The molecule has 2 unspecified atom stereocenters. The van der Waals surface area contributed by atoms with Crippen molar-refractivity contribution in [3.8, 4) is 0 Å². The molecule has 34 heavy (non-hydrogen) atoms. The van der Waals surface area contributed by atoms with Crippen molar-refractivity contribution in [3.63, 3.8) is 0 Å². The normalized spacial score (nSPS) is 27.6. The van der Waals surface area contributed by atoms with Crippen LogP contribution >= 0.6 is 11.6 Å². The van der Waals surface area contributed by atoms with Gasteiger partial charge in [0.2, 0.25) is 0 Å². The van der Waals surface area contributed by atoms with Crippen LogP contribution in [0.25, 0.3) is 0 Å². The highest BCUT2D eigenvalue weighted by molar-refractivity contribution is 6.38. The van der Waals surface area contributed by atoms with Crippen LogP contribution in [0.1, 0.15) is 25.3 Å². The maximum Gasteiger partial charge on any atom is 0.261 e. The number of rotatable bonds is 3. The topological polar surface area (TPSA) is 65.3 Å². The second-order valence-corrected chi connectivity index (χ2v) is 9.25. The Morgan fingerprint density at radius 3 is 1.53 bits per heavy atom. The van der Waals surface area contributed by atoms with Crippen LogP contribution in [0.2, 0.25) is 5.02 Å². The number of carbonyl (C=O) groups is 2. The van der Waals surface area contributed by atoms with Crippen LogP contribution in [0.15, 0.2) is 95.1 Å². The molecule has 0 radical (unpaired) electrons. The van der Waals surface area contributed by atoms with Crippen molar-refractivity contribution >= 4 is 46.2 Å². The SMILES string of the molecule is CC1=NN(c2ccccc2)C(=O)C12C(c1ccccc1Cl)C21C(=O)N(c2ccccc2)N=C1C. The standard InChI is InChI=1S/C27H21ClN4O2/c1-17-26(24(33)31(29-17)19-11-5-3-6-12-19)23(21-15-9-10-16-22(21)28)27(26)18(2)30-32(25(27)34)20-13-7-4-8-14-20/h3-16,23H,1-2H3. The van der Waals surface area contributed by atoms with Crippen molar-refractivity contribution in [3.05, 3.63) is 95.5 Å². The van der Waals surface area contributed by atoms with Crippen molar-refractivity contribution in [2.45, 2.75) is 19.8 Å². The van der Waals surface area contributed by atoms with Crippen LogP contribution in [-0.2, 0) is 9.59 Å². The van der Waals surface area contributed by atoms with Crippen LogP contribution in [0.5, 0.6) is 0 Å². The summed E-state index contributed by atoms with van der Waals surface area (Å²) in [5.74, 6) is -0.985. The van der Waals surface area contributed by atoms with Crippen molar-refractivity contribution in [2.24, 2.45) is 21.0 Å². The van der Waals surface area contributed by atoms with Gasteiger partial charge >= 0.3 is 0 Å². The zero-order valence-electron chi connectivity index (χ0n) is 18.6. The average Bonchev–Trinajstić information content (AvgIpc) is 3.33. The number of para-hydroxylation sites is 2. The quantitative estimate of drug-likeness (QED) is 0.526. The number of halogens is 1. The van der Waals surface area contributed by atoms with Gasteiger partial charge in [0.1, 0.15) is 10.8 Å². The molecule has 2 heterocycles. The van der Waals surface area contributed by atoms with E-state index in [0.717, 1.165) is 5.56 Å². The Morgan fingerprint density at radius 1 is 0.676 bits per heavy atom. The van der Waals surface area contributed by atoms with Gasteiger partial charge in [-0.05, 0) is 49.7 Å². The summed E-state index contributed by atoms with van der Waals surface area (Å²) in [5.41, 5.74) is 0.851. The first kappa shape index (κ1) is 20.8. The van der Waals surface area contributed by atoms with Gasteiger partial charge in [-0.25, -0.2) is 0 Å². The molecule has 1 fully saturated rings. The monoisotopic (exact) mass is 468 g/mol. The predicted octanol–water partition coefficient (Wildman–Crippen LogP) is 5.26. The van der Waals surface area contributed by atoms with Crippen LogP contribution in [0.3, 0.4) is 0 Å². The third-order valence-electron chi connectivity index (χ3n) is 7.32. The zero-order chi connectivity index (χ0) is 23.7. The largest absolute Gasteiger partial charge is 0.271 e. The molecule has 0 N–H and O–H groups in total. The number of carbonyl (C=O) groups excluding carboxylic acids is 2. The highest BCUT2D eigenvalue weighted by Crippen LogP contribution is 2.79. The number of fused-ring (bicyclic) bond motifs is 1. The van der Waals surface area contributed by atoms with Gasteiger partial charge in [0, 0.05) is 10.9 Å². The van der Waals surface area contributed by atoms with Crippen molar-refractivity contribution in [1.82, 2.24) is 0 Å². The molecule has 6 nitrogen and oxygen atoms in total. The highest BCUT2D eigenvalue weighted by Gasteiger charge is 2.91. The van der Waals surface area contributed by atoms with E-state index < -0.39 is 16.7 Å². The summed E-state index contributed by atoms with van der Waals surface area (Å²) >= 11 is 6.65. The number of anilines is 2. The second-order valence-electron chi connectivity index (χ2n) is 8.85. The lowest BCUT2D eigenvalue weighted by molar-refractivity contribution is -0.126. The van der Waals surface area contributed by atoms with E-state index in [4.69, 9.17) is 11.6 Å². The van der Waals surface area contributed by atoms with E-state index in [1.54, 1.807) is 6.07 Å². The van der Waals surface area contributed by atoms with Gasteiger partial charge in [0.25, 0.3) is 11.8 Å². The lowest BCUT2D eigenvalue weighted by atomic mass is 9.85. The van der Waals surface area contributed by atoms with E-state index in [-0.39, 0.29) is 11.8 Å². The molecule has 2 aliphatic heterocycles. The fraction of sp³-hybridized carbons (Fsp3) is 0.185. The van der Waals surface area contributed by atoms with E-state index in [9.17, 15) is 9.59 Å². The first-order valence-electron chi connectivity index (χ1n) is 11.1. The third-order valence-corrected chi connectivity index (χ3v) is 7.67. The fourth-order valence-corrected chi connectivity index (χ4v) is 6.15. The minimum atomic E-state index is -1.19. The Balaban J connectivity index is 1.55. The molecular formula is C27H21ClN4O2. The van der Waals surface area contributed by atoms with Crippen LogP contribution in [0.4, 0.5) is 11.4 Å². The first-order valence-corrected chi connectivity index (χ1v) is 11.5. The number of hydrazone groups is 2. The van der Waals surface area contributed by atoms with E-state index in [2.05, 4.69) is 10.2 Å². The number of amides is 2. The van der Waals surface area contributed by atoms with E-state index in [1.807, 2.05) is 92.7 Å². The molecule has 3 aliphatic rings. The molecule has 2 amide bonds. The molecule has 0 aromatic heterocycles. The van der Waals surface area contributed by atoms with Gasteiger partial charge in [-0.1, -0.05) is 66.2 Å². The first-order chi connectivity index (χ1) is 16.5. The predicted molar refractivity (Wildman–Crippen MR) is 133 cm³/mol. The zero-order valence-corrected chi connectivity index (χ0v) is 19.4. The Labute approximate surface area is 202 Å². The molecule has 1 aliphatic carbocycles. The maximum atomic E-state index is 14.2. The van der Waals surface area contributed by atoms with Gasteiger partial charge in [-0.15, -0.1) is 0 Å². The molecule has 1 saturated carbocycles. The van der Waals surface area contributed by atoms with Crippen molar-refractivity contribution in [2.75, 3.05) is 10.0 Å². The fourth-order valence-electron chi connectivity index (χ4n) is 5.90. The summed E-state index contributed by atoms with van der Waals surface area (Å²) in [7, 11) is 0. The number of hydrogen-bond donors (Lipinski definition) is 0. The van der Waals surface area contributed by atoms with Gasteiger partial charge < -0.3 is 0 Å². The van der Waals surface area contributed by atoms with Gasteiger partial charge in [0.15, 0.2) is 0 Å². The summed E-state index contributed by atoms with van der Waals surface area (Å²) in [4.78, 5) is 28.5. The van der Waals surface area contributed by atoms with Crippen LogP contribution in [0, 0.1) is 10.8 Å². The third kappa shape index (κ3) is 2.36. The van der Waals surface area contributed by atoms with E-state index >= 15 is 0 Å². The Morgan fingerprint density at radius 2 is 1.09 bits per heavy atom. The average molecular weight is 469 g/mol. The smallest absolute Gasteiger partial charge is 0.261 e. The van der Waals surface area contributed by atoms with Crippen LogP contribution in [-0.4, -0.2) is 23.2 Å². The van der Waals surface area contributed by atoms with Gasteiger partial charge in [-0.3, -0.25) is 9.59 Å². The summed E-state index contributed by atoms with van der Waals surface area (Å²) < 4.78 is 0. The molecule has 7 heteroatoms. The molecule has 3 aromatic rings. The second kappa shape index (κ2) is 7.11. The highest BCUT2D eigenvalue weighted by atomic mass is 35.5. The molecule has 0 saturated heterocycles. The Hall–Kier alpha value is -3.77. The van der Waals surface area contributed by atoms with Crippen LogP contribution < -0.4 is 10.0 Å². The Kier molecular flexibility index (Phi) is 4.35. The van der Waals surface area contributed by atoms with Crippen molar-refractivity contribution in [1.29, 1.82) is 0 Å². The molecule has 2 spiro atoms. The molecule has 168 valence electrons. The lowest BCUT2D eigenvalue weighted by Crippen LogP contribution is -2.40. The summed E-state index contributed by atoms with van der Waals surface area (Å²) in [6.07, 6.45) is 0. The lowest BCUT2D eigenvalue weighted by Gasteiger charge is -2.18. The number of benzene rings is 3. The minimum absolute atomic E-state index is 0.237. The summed E-state index contributed by atoms with van der Waals surface area (Å²) in [5, 5.41) is 12.7. The van der Waals surface area contributed by atoms with E-state index in [1.165, 1.54) is 10.0 Å². The molecule has 3 aromatic carbocycles. The van der Waals surface area contributed by atoms with E-state index in [0.29, 0.717) is 27.8 Å². The minimum Gasteiger partial charge on any atom is -0.271 e. The molecular weight excluding hydrogens is 448 g/mol. The maximum absolute atomic E-state index is 14.2. The van der Waals surface area contributed by atoms with Gasteiger partial charge in [0.05, 0.1) is 22.8 Å². The molecule has 6 rings (SSSR count). The summed E-state index contributed by atoms with van der Waals surface area (Å²) in [6, 6.07) is 25.9. The summed E-state index contributed by atoms with van der Waals surface area (Å²) in [6.45, 7) is 3.65.